The standard InChI is InChI=1S/C13H18N2O2.C12H17N3O2/c14-11(13(17)15-8-4-5-9-15)12(16)10-6-2-1-3-7-10;13-10(12(17)15-7-1-2-8-15)11(16)9-3-5-14-6-4-9/h1-3,6-7,11-12,16H,4-5,8-9,14H2;3-6,10-11,16H,1-2,7-8,13H2/t11-,12+;10-,11+/m11/s1. The quantitative estimate of drug-likeness (QED) is 0.488. The topological polar surface area (TPSA) is 146 Å². The molecule has 1 aromatic carbocycles. The zero-order valence-electron chi connectivity index (χ0n) is 19.4. The van der Waals surface area contributed by atoms with E-state index in [-0.39, 0.29) is 11.8 Å². The second-order valence-electron chi connectivity index (χ2n) is 8.70. The van der Waals surface area contributed by atoms with E-state index in [1.54, 1.807) is 46.5 Å². The smallest absolute Gasteiger partial charge is 0.242 e. The molecule has 2 aromatic rings. The van der Waals surface area contributed by atoms with E-state index in [0.29, 0.717) is 11.1 Å². The van der Waals surface area contributed by atoms with Gasteiger partial charge in [-0.1, -0.05) is 30.3 Å². The number of aliphatic hydroxyl groups excluding tert-OH is 2. The van der Waals surface area contributed by atoms with E-state index >= 15 is 0 Å². The molecule has 2 saturated heterocycles. The van der Waals surface area contributed by atoms with Gasteiger partial charge in [0.1, 0.15) is 24.3 Å². The van der Waals surface area contributed by atoms with E-state index in [1.807, 2.05) is 18.2 Å². The van der Waals surface area contributed by atoms with E-state index < -0.39 is 24.3 Å². The Balaban J connectivity index is 0.000000191. The van der Waals surface area contributed by atoms with Gasteiger partial charge in [-0.25, -0.2) is 0 Å². The molecule has 0 saturated carbocycles. The third-order valence-electron chi connectivity index (χ3n) is 6.27. The maximum absolute atomic E-state index is 12.0. The second-order valence-corrected chi connectivity index (χ2v) is 8.70. The highest BCUT2D eigenvalue weighted by Crippen LogP contribution is 2.19. The summed E-state index contributed by atoms with van der Waals surface area (Å²) < 4.78 is 0. The van der Waals surface area contributed by atoms with Gasteiger partial charge in [-0.2, -0.15) is 0 Å². The Labute approximate surface area is 200 Å². The van der Waals surface area contributed by atoms with E-state index in [1.165, 1.54) is 0 Å². The highest BCUT2D eigenvalue weighted by atomic mass is 16.3. The molecule has 0 aliphatic carbocycles. The van der Waals surface area contributed by atoms with Crippen molar-refractivity contribution in [1.29, 1.82) is 0 Å². The summed E-state index contributed by atoms with van der Waals surface area (Å²) in [6.07, 6.45) is 5.35. The number of aromatic nitrogens is 1. The van der Waals surface area contributed by atoms with Crippen LogP contribution < -0.4 is 11.5 Å². The van der Waals surface area contributed by atoms with Crippen LogP contribution in [0.3, 0.4) is 0 Å². The summed E-state index contributed by atoms with van der Waals surface area (Å²) >= 11 is 0. The van der Waals surface area contributed by atoms with Gasteiger partial charge in [-0.3, -0.25) is 14.6 Å². The number of amides is 2. The van der Waals surface area contributed by atoms with Crippen molar-refractivity contribution in [3.05, 3.63) is 66.0 Å². The van der Waals surface area contributed by atoms with Crippen LogP contribution in [0.2, 0.25) is 0 Å². The molecule has 0 radical (unpaired) electrons. The van der Waals surface area contributed by atoms with Gasteiger partial charge < -0.3 is 31.5 Å². The fraction of sp³-hybridized carbons (Fsp3) is 0.480. The number of aliphatic hydroxyl groups is 2. The lowest BCUT2D eigenvalue weighted by Crippen LogP contribution is -2.45. The number of rotatable bonds is 6. The van der Waals surface area contributed by atoms with Crippen LogP contribution in [0.25, 0.3) is 0 Å². The number of carbonyl (C=O) groups is 2. The molecular weight excluding hydrogens is 434 g/mol. The van der Waals surface area contributed by atoms with Crippen molar-refractivity contribution in [3.8, 4) is 0 Å². The minimum absolute atomic E-state index is 0.154. The fourth-order valence-electron chi connectivity index (χ4n) is 4.19. The molecule has 4 rings (SSSR count). The van der Waals surface area contributed by atoms with Crippen LogP contribution in [-0.2, 0) is 9.59 Å². The van der Waals surface area contributed by atoms with Crippen LogP contribution in [0, 0.1) is 0 Å². The zero-order valence-corrected chi connectivity index (χ0v) is 19.4. The zero-order chi connectivity index (χ0) is 24.5. The van der Waals surface area contributed by atoms with Crippen LogP contribution in [-0.4, -0.2) is 75.1 Å². The van der Waals surface area contributed by atoms with Crippen LogP contribution in [0.1, 0.15) is 49.0 Å². The van der Waals surface area contributed by atoms with Crippen LogP contribution in [0.4, 0.5) is 0 Å². The molecule has 0 bridgehead atoms. The normalized spacial score (nSPS) is 19.1. The summed E-state index contributed by atoms with van der Waals surface area (Å²) in [5.74, 6) is -0.328. The monoisotopic (exact) mass is 469 g/mol. The molecule has 3 heterocycles. The number of nitrogens with zero attached hydrogens (tertiary/aromatic N) is 3. The Kier molecular flexibility index (Phi) is 9.52. The molecule has 6 N–H and O–H groups in total. The average molecular weight is 470 g/mol. The summed E-state index contributed by atoms with van der Waals surface area (Å²) in [5, 5.41) is 20.1. The minimum atomic E-state index is -0.967. The molecule has 4 atom stereocenters. The van der Waals surface area contributed by atoms with Gasteiger partial charge in [-0.15, -0.1) is 0 Å². The lowest BCUT2D eigenvalue weighted by Gasteiger charge is -2.24. The first-order valence-corrected chi connectivity index (χ1v) is 11.8. The van der Waals surface area contributed by atoms with Gasteiger partial charge in [0.15, 0.2) is 0 Å². The number of carbonyl (C=O) groups excluding carboxylic acids is 2. The van der Waals surface area contributed by atoms with Crippen molar-refractivity contribution in [2.24, 2.45) is 11.5 Å². The van der Waals surface area contributed by atoms with Crippen molar-refractivity contribution in [2.45, 2.75) is 50.0 Å². The molecule has 2 amide bonds. The van der Waals surface area contributed by atoms with Crippen molar-refractivity contribution in [2.75, 3.05) is 26.2 Å². The first-order valence-electron chi connectivity index (χ1n) is 11.8. The first kappa shape index (κ1) is 25.8. The first-order chi connectivity index (χ1) is 16.4. The predicted octanol–water partition coefficient (Wildman–Crippen LogP) is 0.734. The van der Waals surface area contributed by atoms with Gasteiger partial charge >= 0.3 is 0 Å². The maximum atomic E-state index is 12.0. The van der Waals surface area contributed by atoms with Gasteiger partial charge in [-0.05, 0) is 48.9 Å². The summed E-state index contributed by atoms with van der Waals surface area (Å²) in [6.45, 7) is 3.01. The Morgan fingerprint density at radius 1 is 0.706 bits per heavy atom. The maximum Gasteiger partial charge on any atom is 0.242 e. The molecule has 0 spiro atoms. The Morgan fingerprint density at radius 2 is 1.09 bits per heavy atom. The molecule has 9 heteroatoms. The molecular formula is C25H35N5O4. The van der Waals surface area contributed by atoms with Crippen LogP contribution >= 0.6 is 0 Å². The average Bonchev–Trinajstić information content (AvgIpc) is 3.62. The molecule has 0 unspecified atom stereocenters. The van der Waals surface area contributed by atoms with Crippen molar-refractivity contribution >= 4 is 11.8 Å². The van der Waals surface area contributed by atoms with E-state index in [0.717, 1.165) is 51.9 Å². The molecule has 2 fully saturated rings. The van der Waals surface area contributed by atoms with Gasteiger partial charge in [0.25, 0.3) is 0 Å². The van der Waals surface area contributed by atoms with E-state index in [4.69, 9.17) is 11.5 Å². The lowest BCUT2D eigenvalue weighted by molar-refractivity contribution is -0.135. The summed E-state index contributed by atoms with van der Waals surface area (Å²) in [6, 6.07) is 10.7. The number of hydrogen-bond acceptors (Lipinski definition) is 7. The Morgan fingerprint density at radius 3 is 1.50 bits per heavy atom. The molecule has 1 aromatic heterocycles. The number of nitrogens with two attached hydrogens (primary N) is 2. The van der Waals surface area contributed by atoms with Crippen molar-refractivity contribution in [3.63, 3.8) is 0 Å². The second kappa shape index (κ2) is 12.6. The van der Waals surface area contributed by atoms with Crippen molar-refractivity contribution < 1.29 is 19.8 Å². The number of pyridine rings is 1. The number of hydrogen-bond donors (Lipinski definition) is 4. The third kappa shape index (κ3) is 6.60. The fourth-order valence-corrected chi connectivity index (χ4v) is 4.19. The molecule has 9 nitrogen and oxygen atoms in total. The molecule has 184 valence electrons. The van der Waals surface area contributed by atoms with Gasteiger partial charge in [0.2, 0.25) is 11.8 Å². The van der Waals surface area contributed by atoms with E-state index in [2.05, 4.69) is 4.98 Å². The molecule has 34 heavy (non-hydrogen) atoms. The summed E-state index contributed by atoms with van der Waals surface area (Å²) in [7, 11) is 0. The molecule has 2 aliphatic rings. The third-order valence-corrected chi connectivity index (χ3v) is 6.27. The highest BCUT2D eigenvalue weighted by Gasteiger charge is 2.30. The highest BCUT2D eigenvalue weighted by molar-refractivity contribution is 5.83. The van der Waals surface area contributed by atoms with Crippen LogP contribution in [0.5, 0.6) is 0 Å². The van der Waals surface area contributed by atoms with Crippen LogP contribution in [0.15, 0.2) is 54.9 Å². The summed E-state index contributed by atoms with van der Waals surface area (Å²) in [5.41, 5.74) is 13.0. The predicted molar refractivity (Wildman–Crippen MR) is 128 cm³/mol. The number of benzene rings is 1. The SMILES string of the molecule is N[C@@H](C(=O)N1CCCC1)[C@@H](O)c1ccccc1.N[C@@H](C(=O)N1CCCC1)[C@@H](O)c1ccncc1. The summed E-state index contributed by atoms with van der Waals surface area (Å²) in [4.78, 5) is 31.3. The Bertz CT molecular complexity index is 827. The lowest BCUT2D eigenvalue weighted by atomic mass is 10.0. The minimum Gasteiger partial charge on any atom is -0.386 e. The Hall–Kier alpha value is -2.85. The number of likely N-dealkylation sites (tertiary alicyclic amines) is 2. The molecule has 2 aliphatic heterocycles. The largest absolute Gasteiger partial charge is 0.386 e. The van der Waals surface area contributed by atoms with Gasteiger partial charge in [0.05, 0.1) is 0 Å². The van der Waals surface area contributed by atoms with E-state index in [9.17, 15) is 19.8 Å². The van der Waals surface area contributed by atoms with Crippen molar-refractivity contribution in [1.82, 2.24) is 14.8 Å². The van der Waals surface area contributed by atoms with Gasteiger partial charge in [0, 0.05) is 38.6 Å².